The lowest BCUT2D eigenvalue weighted by molar-refractivity contribution is -0.573. The SMILES string of the molecule is CCC[N+](NC(=O)CCC1CCCc2c(C(=O)C(=O)O)cccc21)=C(c1ccccc1)c1cccnc1. The first kappa shape index (κ1) is 25.9. The largest absolute Gasteiger partial charge is 0.475 e. The summed E-state index contributed by atoms with van der Waals surface area (Å²) in [6.07, 6.45) is 7.75. The molecule has 0 fully saturated rings. The van der Waals surface area contributed by atoms with Gasteiger partial charge < -0.3 is 5.11 Å². The Morgan fingerprint density at radius 1 is 1.03 bits per heavy atom. The Bertz CT molecular complexity index is 1260. The summed E-state index contributed by atoms with van der Waals surface area (Å²) in [6, 6.07) is 19.1. The predicted octanol–water partition coefficient (Wildman–Crippen LogP) is 4.54. The number of carbonyl (C=O) groups is 3. The molecule has 0 aliphatic heterocycles. The summed E-state index contributed by atoms with van der Waals surface area (Å²) in [6.45, 7) is 2.71. The molecule has 0 saturated heterocycles. The van der Waals surface area contributed by atoms with E-state index in [1.54, 1.807) is 24.5 Å². The van der Waals surface area contributed by atoms with E-state index in [4.69, 9.17) is 0 Å². The lowest BCUT2D eigenvalue weighted by Crippen LogP contribution is -2.40. The smallest absolute Gasteiger partial charge is 0.377 e. The summed E-state index contributed by atoms with van der Waals surface area (Å²) in [5, 5.41) is 9.20. The van der Waals surface area contributed by atoms with E-state index in [-0.39, 0.29) is 17.4 Å². The zero-order valence-electron chi connectivity index (χ0n) is 21.0. The Labute approximate surface area is 216 Å². The van der Waals surface area contributed by atoms with Crippen LogP contribution in [0, 0.1) is 0 Å². The van der Waals surface area contributed by atoms with Gasteiger partial charge in [0.15, 0.2) is 6.54 Å². The van der Waals surface area contributed by atoms with Crippen LogP contribution in [0.15, 0.2) is 73.1 Å². The summed E-state index contributed by atoms with van der Waals surface area (Å²) in [4.78, 5) is 41.0. The molecular formula is C30H32N3O4+. The number of hydrogen-bond acceptors (Lipinski definition) is 4. The van der Waals surface area contributed by atoms with Gasteiger partial charge in [-0.15, -0.1) is 10.1 Å². The Morgan fingerprint density at radius 3 is 2.51 bits per heavy atom. The number of carboxylic acid groups (broad SMARTS) is 1. The number of pyridine rings is 1. The Hall–Kier alpha value is -4.13. The van der Waals surface area contributed by atoms with Crippen molar-refractivity contribution in [2.24, 2.45) is 0 Å². The quantitative estimate of drug-likeness (QED) is 0.141. The normalized spacial score (nSPS) is 15.3. The molecule has 37 heavy (non-hydrogen) atoms. The second kappa shape index (κ2) is 12.2. The summed E-state index contributed by atoms with van der Waals surface area (Å²) in [5.74, 6) is -2.29. The van der Waals surface area contributed by atoms with Crippen LogP contribution in [-0.2, 0) is 16.0 Å². The minimum Gasteiger partial charge on any atom is -0.475 e. The zero-order valence-corrected chi connectivity index (χ0v) is 21.0. The first-order valence-electron chi connectivity index (χ1n) is 12.8. The molecule has 0 bridgehead atoms. The van der Waals surface area contributed by atoms with Gasteiger partial charge in [-0.3, -0.25) is 14.6 Å². The fourth-order valence-electron chi connectivity index (χ4n) is 5.11. The van der Waals surface area contributed by atoms with Crippen LogP contribution in [0.2, 0.25) is 0 Å². The number of amides is 1. The maximum absolute atomic E-state index is 13.2. The molecule has 2 aromatic carbocycles. The molecule has 7 nitrogen and oxygen atoms in total. The topological polar surface area (TPSA) is 99.4 Å². The van der Waals surface area contributed by atoms with E-state index in [0.29, 0.717) is 25.8 Å². The van der Waals surface area contributed by atoms with Gasteiger partial charge in [-0.25, -0.2) is 4.79 Å². The van der Waals surface area contributed by atoms with Crippen LogP contribution in [0.4, 0.5) is 0 Å². The van der Waals surface area contributed by atoms with Crippen molar-refractivity contribution < 1.29 is 24.2 Å². The van der Waals surface area contributed by atoms with Gasteiger partial charge in [-0.05, 0) is 67.0 Å². The highest BCUT2D eigenvalue weighted by atomic mass is 16.4. The molecule has 7 heteroatoms. The molecule has 1 aliphatic carbocycles. The molecule has 1 heterocycles. The van der Waals surface area contributed by atoms with Crippen molar-refractivity contribution in [1.82, 2.24) is 10.4 Å². The molecule has 1 unspecified atom stereocenters. The number of carbonyl (C=O) groups excluding carboxylic acids is 2. The number of benzene rings is 2. The number of carboxylic acids is 1. The lowest BCUT2D eigenvalue weighted by atomic mass is 9.78. The van der Waals surface area contributed by atoms with E-state index in [9.17, 15) is 19.5 Å². The second-order valence-corrected chi connectivity index (χ2v) is 9.28. The summed E-state index contributed by atoms with van der Waals surface area (Å²) in [7, 11) is 0. The van der Waals surface area contributed by atoms with Crippen LogP contribution >= 0.6 is 0 Å². The monoisotopic (exact) mass is 498 g/mol. The first-order valence-corrected chi connectivity index (χ1v) is 12.8. The average molecular weight is 499 g/mol. The standard InChI is InChI=1S/C30H31N3O4/c1-2-19-33(28(22-9-4-3-5-10-22)23-12-8-18-31-20-23)32-27(34)17-16-21-11-6-14-25-24(21)13-7-15-26(25)29(35)30(36)37/h3-5,7-10,12-13,15,18,20-21H,2,6,11,14,16-17,19H2,1H3,(H-,32,34,36,37)/p+1. The molecule has 190 valence electrons. The number of ketones is 1. The first-order chi connectivity index (χ1) is 18.0. The molecule has 1 aromatic heterocycles. The minimum absolute atomic E-state index is 0.0874. The van der Waals surface area contributed by atoms with Gasteiger partial charge in [0.05, 0.1) is 5.56 Å². The van der Waals surface area contributed by atoms with Gasteiger partial charge in [-0.2, -0.15) is 0 Å². The van der Waals surface area contributed by atoms with Crippen LogP contribution in [0.3, 0.4) is 0 Å². The highest BCUT2D eigenvalue weighted by Crippen LogP contribution is 2.36. The number of nitrogens with zero attached hydrogens (tertiary/aromatic N) is 2. The number of hydrogen-bond donors (Lipinski definition) is 2. The number of aromatic nitrogens is 1. The van der Waals surface area contributed by atoms with Gasteiger partial charge in [-0.1, -0.05) is 43.3 Å². The molecule has 0 spiro atoms. The highest BCUT2D eigenvalue weighted by molar-refractivity contribution is 6.40. The second-order valence-electron chi connectivity index (χ2n) is 9.28. The van der Waals surface area contributed by atoms with E-state index < -0.39 is 11.8 Å². The molecule has 0 saturated carbocycles. The van der Waals surface area contributed by atoms with Crippen molar-refractivity contribution in [2.45, 2.75) is 51.4 Å². The summed E-state index contributed by atoms with van der Waals surface area (Å²) in [5.41, 5.74) is 7.99. The van der Waals surface area contributed by atoms with E-state index in [0.717, 1.165) is 47.2 Å². The molecular weight excluding hydrogens is 466 g/mol. The van der Waals surface area contributed by atoms with Crippen LogP contribution in [0.25, 0.3) is 0 Å². The number of aliphatic carboxylic acids is 1. The molecule has 1 amide bonds. The van der Waals surface area contributed by atoms with Crippen LogP contribution < -0.4 is 5.43 Å². The van der Waals surface area contributed by atoms with Gasteiger partial charge in [0.25, 0.3) is 11.7 Å². The third kappa shape index (κ3) is 6.17. The Balaban J connectivity index is 1.56. The maximum Gasteiger partial charge on any atom is 0.377 e. The van der Waals surface area contributed by atoms with Crippen molar-refractivity contribution in [2.75, 3.05) is 6.54 Å². The van der Waals surface area contributed by atoms with Crippen LogP contribution in [0.1, 0.15) is 77.6 Å². The summed E-state index contributed by atoms with van der Waals surface area (Å²) < 4.78 is 1.91. The predicted molar refractivity (Wildman–Crippen MR) is 141 cm³/mol. The van der Waals surface area contributed by atoms with Crippen LogP contribution in [-0.4, -0.2) is 44.7 Å². The van der Waals surface area contributed by atoms with Crippen LogP contribution in [0.5, 0.6) is 0 Å². The Morgan fingerprint density at radius 2 is 1.81 bits per heavy atom. The third-order valence-corrected chi connectivity index (χ3v) is 6.75. The molecule has 0 radical (unpaired) electrons. The van der Waals surface area contributed by atoms with Gasteiger partial charge in [0.2, 0.25) is 5.71 Å². The molecule has 1 aliphatic rings. The van der Waals surface area contributed by atoms with E-state index >= 15 is 0 Å². The van der Waals surface area contributed by atoms with Gasteiger partial charge in [0, 0.05) is 36.4 Å². The van der Waals surface area contributed by atoms with Gasteiger partial charge in [0.1, 0.15) is 0 Å². The minimum atomic E-state index is -1.44. The zero-order chi connectivity index (χ0) is 26.2. The summed E-state index contributed by atoms with van der Waals surface area (Å²) >= 11 is 0. The van der Waals surface area contributed by atoms with E-state index in [1.165, 1.54) is 0 Å². The van der Waals surface area contributed by atoms with Crippen molar-refractivity contribution in [3.8, 4) is 0 Å². The molecule has 1 atom stereocenters. The number of nitrogens with one attached hydrogen (secondary N) is 1. The van der Waals surface area contributed by atoms with Gasteiger partial charge >= 0.3 is 5.97 Å². The van der Waals surface area contributed by atoms with E-state index in [1.807, 2.05) is 53.2 Å². The molecule has 3 aromatic rings. The number of hydrazine groups is 1. The molecule has 4 rings (SSSR count). The van der Waals surface area contributed by atoms with Crippen molar-refractivity contribution in [3.05, 3.63) is 101 Å². The molecule has 2 N–H and O–H groups in total. The lowest BCUT2D eigenvalue weighted by Gasteiger charge is -2.26. The maximum atomic E-state index is 13.2. The number of Topliss-reactive ketones (excluding diaryl/α,β-unsaturated/α-hetero) is 1. The number of hydrazone groups is 1. The number of fused-ring (bicyclic) bond motifs is 1. The van der Waals surface area contributed by atoms with Crippen molar-refractivity contribution in [3.63, 3.8) is 0 Å². The number of rotatable bonds is 10. The Kier molecular flexibility index (Phi) is 8.56. The highest BCUT2D eigenvalue weighted by Gasteiger charge is 2.28. The third-order valence-electron chi connectivity index (χ3n) is 6.75. The van der Waals surface area contributed by atoms with E-state index in [2.05, 4.69) is 17.3 Å². The van der Waals surface area contributed by atoms with Crippen molar-refractivity contribution in [1.29, 1.82) is 0 Å². The van der Waals surface area contributed by atoms with Crippen molar-refractivity contribution >= 4 is 23.4 Å². The average Bonchev–Trinajstić information content (AvgIpc) is 2.92. The fraction of sp³-hybridized carbons (Fsp3) is 0.300. The fourth-order valence-corrected chi connectivity index (χ4v) is 5.11.